The third-order valence-corrected chi connectivity index (χ3v) is 3.44. The van der Waals surface area contributed by atoms with Gasteiger partial charge >= 0.3 is 0 Å². The van der Waals surface area contributed by atoms with Gasteiger partial charge in [-0.3, -0.25) is 4.79 Å². The van der Waals surface area contributed by atoms with Gasteiger partial charge < -0.3 is 5.11 Å². The smallest absolute Gasteiger partial charge is 0.276 e. The number of carbonyl (C=O) groups excluding carboxylic acids is 1. The highest BCUT2D eigenvalue weighted by Crippen LogP contribution is 2.34. The number of carbonyl (C=O) groups is 1. The lowest BCUT2D eigenvalue weighted by atomic mass is 9.99. The van der Waals surface area contributed by atoms with Crippen LogP contribution in [0.15, 0.2) is 59.7 Å². The molecule has 21 heavy (non-hydrogen) atoms. The molecule has 1 aliphatic heterocycles. The second-order valence-electron chi connectivity index (χ2n) is 4.81. The van der Waals surface area contributed by atoms with Gasteiger partial charge in [-0.1, -0.05) is 30.3 Å². The predicted molar refractivity (Wildman–Crippen MR) is 76.0 cm³/mol. The Labute approximate surface area is 121 Å². The fourth-order valence-corrected chi connectivity index (χ4v) is 2.31. The van der Waals surface area contributed by atoms with Gasteiger partial charge in [0.05, 0.1) is 0 Å². The number of rotatable bonds is 2. The van der Waals surface area contributed by atoms with Gasteiger partial charge in [0.2, 0.25) is 0 Å². The van der Waals surface area contributed by atoms with E-state index in [-0.39, 0.29) is 6.42 Å². The van der Waals surface area contributed by atoms with Crippen molar-refractivity contribution in [2.24, 2.45) is 5.10 Å². The van der Waals surface area contributed by atoms with E-state index in [0.717, 1.165) is 5.01 Å². The summed E-state index contributed by atoms with van der Waals surface area (Å²) in [6, 6.07) is 14.0. The Kier molecular flexibility index (Phi) is 3.27. The summed E-state index contributed by atoms with van der Waals surface area (Å²) < 4.78 is 13.0. The maximum atomic E-state index is 13.0. The highest BCUT2D eigenvalue weighted by molar-refractivity contribution is 5.95. The Morgan fingerprint density at radius 3 is 2.48 bits per heavy atom. The maximum Gasteiger partial charge on any atom is 0.276 e. The van der Waals surface area contributed by atoms with Crippen LogP contribution in [-0.4, -0.2) is 22.2 Å². The lowest BCUT2D eigenvalue weighted by molar-refractivity contribution is -0.0764. The highest BCUT2D eigenvalue weighted by Gasteiger charge is 2.42. The van der Waals surface area contributed by atoms with Gasteiger partial charge in [0.15, 0.2) is 5.72 Å². The summed E-state index contributed by atoms with van der Waals surface area (Å²) in [5.74, 6) is -0.807. The Morgan fingerprint density at radius 1 is 1.14 bits per heavy atom. The molecular weight excluding hydrogens is 271 g/mol. The molecule has 5 heteroatoms. The van der Waals surface area contributed by atoms with E-state index in [4.69, 9.17) is 0 Å². The molecule has 0 unspecified atom stereocenters. The molecular formula is C16H13FN2O2. The van der Waals surface area contributed by atoms with Gasteiger partial charge in [0.25, 0.3) is 5.91 Å². The van der Waals surface area contributed by atoms with Crippen LogP contribution in [0.2, 0.25) is 0 Å². The number of hydrogen-bond acceptors (Lipinski definition) is 3. The quantitative estimate of drug-likeness (QED) is 0.921. The molecule has 1 aliphatic rings. The average molecular weight is 284 g/mol. The molecule has 0 spiro atoms. The zero-order valence-electron chi connectivity index (χ0n) is 11.1. The van der Waals surface area contributed by atoms with Gasteiger partial charge in [-0.15, -0.1) is 0 Å². The third kappa shape index (κ3) is 2.32. The van der Waals surface area contributed by atoms with E-state index in [1.165, 1.54) is 30.5 Å². The molecule has 4 nitrogen and oxygen atoms in total. The van der Waals surface area contributed by atoms with Crippen molar-refractivity contribution in [3.05, 3.63) is 71.5 Å². The third-order valence-electron chi connectivity index (χ3n) is 3.44. The van der Waals surface area contributed by atoms with Crippen LogP contribution in [-0.2, 0) is 5.72 Å². The number of benzene rings is 2. The average Bonchev–Trinajstić information content (AvgIpc) is 2.91. The first-order valence-corrected chi connectivity index (χ1v) is 6.52. The van der Waals surface area contributed by atoms with Crippen LogP contribution >= 0.6 is 0 Å². The molecule has 106 valence electrons. The minimum absolute atomic E-state index is 0.164. The van der Waals surface area contributed by atoms with Crippen molar-refractivity contribution in [3.63, 3.8) is 0 Å². The molecule has 2 aromatic rings. The second-order valence-corrected chi connectivity index (χ2v) is 4.81. The first-order chi connectivity index (χ1) is 10.1. The first kappa shape index (κ1) is 13.5. The zero-order chi connectivity index (χ0) is 14.9. The van der Waals surface area contributed by atoms with E-state index in [1.807, 2.05) is 0 Å². The molecule has 0 aliphatic carbocycles. The minimum Gasteiger partial charge on any atom is -0.365 e. The number of nitrogens with zero attached hydrogens (tertiary/aromatic N) is 2. The Hall–Kier alpha value is -2.53. The summed E-state index contributed by atoms with van der Waals surface area (Å²) in [5, 5.41) is 15.8. The monoisotopic (exact) mass is 284 g/mol. The highest BCUT2D eigenvalue weighted by atomic mass is 19.1. The van der Waals surface area contributed by atoms with Crippen molar-refractivity contribution in [1.29, 1.82) is 0 Å². The van der Waals surface area contributed by atoms with Crippen molar-refractivity contribution in [1.82, 2.24) is 5.01 Å². The van der Waals surface area contributed by atoms with Crippen LogP contribution in [0.1, 0.15) is 22.3 Å². The van der Waals surface area contributed by atoms with Gasteiger partial charge in [0.1, 0.15) is 5.82 Å². The van der Waals surface area contributed by atoms with E-state index in [0.29, 0.717) is 11.1 Å². The molecule has 0 aromatic heterocycles. The van der Waals surface area contributed by atoms with E-state index < -0.39 is 17.4 Å². The predicted octanol–water partition coefficient (Wildman–Crippen LogP) is 2.50. The number of hydrazone groups is 1. The summed E-state index contributed by atoms with van der Waals surface area (Å²) in [6.45, 7) is 0. The Bertz CT molecular complexity index is 685. The van der Waals surface area contributed by atoms with Crippen LogP contribution in [0.5, 0.6) is 0 Å². The largest absolute Gasteiger partial charge is 0.365 e. The van der Waals surface area contributed by atoms with Gasteiger partial charge in [-0.05, 0) is 24.3 Å². The number of hydrogen-bond donors (Lipinski definition) is 1. The van der Waals surface area contributed by atoms with E-state index in [2.05, 4.69) is 5.10 Å². The fourth-order valence-electron chi connectivity index (χ4n) is 2.31. The van der Waals surface area contributed by atoms with Gasteiger partial charge in [0, 0.05) is 23.8 Å². The van der Waals surface area contributed by atoms with Gasteiger partial charge in [-0.25, -0.2) is 4.39 Å². The standard InChI is InChI=1S/C16H13FN2O2/c17-14-8-6-13(7-9-14)16(21)10-11-18-19(16)15(20)12-4-2-1-3-5-12/h1-9,11,21H,10H2/t16-/m1/s1. The van der Waals surface area contributed by atoms with Crippen LogP contribution in [0.4, 0.5) is 4.39 Å². The first-order valence-electron chi connectivity index (χ1n) is 6.52. The topological polar surface area (TPSA) is 52.9 Å². The van der Waals surface area contributed by atoms with Crippen LogP contribution < -0.4 is 0 Å². The number of aliphatic hydroxyl groups is 1. The summed E-state index contributed by atoms with van der Waals surface area (Å²) in [4.78, 5) is 12.5. The Morgan fingerprint density at radius 2 is 1.81 bits per heavy atom. The minimum atomic E-state index is -1.58. The molecule has 0 saturated carbocycles. The van der Waals surface area contributed by atoms with E-state index in [1.54, 1.807) is 30.3 Å². The lowest BCUT2D eigenvalue weighted by Gasteiger charge is -2.31. The molecule has 0 bridgehead atoms. The molecule has 1 amide bonds. The van der Waals surface area contributed by atoms with Crippen LogP contribution in [0.3, 0.4) is 0 Å². The van der Waals surface area contributed by atoms with E-state index >= 15 is 0 Å². The molecule has 1 atom stereocenters. The summed E-state index contributed by atoms with van der Waals surface area (Å²) in [7, 11) is 0. The number of halogens is 1. The molecule has 3 rings (SSSR count). The SMILES string of the molecule is O=C(c1ccccc1)N1N=CC[C@@]1(O)c1ccc(F)cc1. The summed E-state index contributed by atoms with van der Waals surface area (Å²) in [5.41, 5.74) is -0.733. The molecule has 2 aromatic carbocycles. The molecule has 1 N–H and O–H groups in total. The normalized spacial score (nSPS) is 20.8. The van der Waals surface area contributed by atoms with Crippen molar-refractivity contribution in [2.75, 3.05) is 0 Å². The second kappa shape index (κ2) is 5.10. The molecule has 1 heterocycles. The van der Waals surface area contributed by atoms with Crippen LogP contribution in [0, 0.1) is 5.82 Å². The maximum absolute atomic E-state index is 13.0. The van der Waals surface area contributed by atoms with E-state index in [9.17, 15) is 14.3 Å². The zero-order valence-corrected chi connectivity index (χ0v) is 11.1. The van der Waals surface area contributed by atoms with Crippen molar-refractivity contribution in [3.8, 4) is 0 Å². The summed E-state index contributed by atoms with van der Waals surface area (Å²) in [6.07, 6.45) is 1.64. The fraction of sp³-hybridized carbons (Fsp3) is 0.125. The van der Waals surface area contributed by atoms with Crippen molar-refractivity contribution in [2.45, 2.75) is 12.1 Å². The lowest BCUT2D eigenvalue weighted by Crippen LogP contribution is -2.43. The molecule has 0 fully saturated rings. The Balaban J connectivity index is 1.96. The van der Waals surface area contributed by atoms with Crippen LogP contribution in [0.25, 0.3) is 0 Å². The van der Waals surface area contributed by atoms with Crippen molar-refractivity contribution < 1.29 is 14.3 Å². The molecule has 0 radical (unpaired) electrons. The molecule has 0 saturated heterocycles. The number of amides is 1. The summed E-state index contributed by atoms with van der Waals surface area (Å²) >= 11 is 0. The van der Waals surface area contributed by atoms with Crippen molar-refractivity contribution >= 4 is 12.1 Å². The van der Waals surface area contributed by atoms with Gasteiger partial charge in [-0.2, -0.15) is 10.1 Å².